The molecule has 2 aliphatic rings. The number of nitrogens with zero attached hydrogens (tertiary/aromatic N) is 2. The summed E-state index contributed by atoms with van der Waals surface area (Å²) in [6.07, 6.45) is -4.31. The highest BCUT2D eigenvalue weighted by atomic mass is 32.1. The Labute approximate surface area is 288 Å². The summed E-state index contributed by atoms with van der Waals surface area (Å²) in [7, 11) is 0. The van der Waals surface area contributed by atoms with Crippen molar-refractivity contribution in [3.8, 4) is 5.75 Å². The van der Waals surface area contributed by atoms with E-state index in [2.05, 4.69) is 27.3 Å². The quantitative estimate of drug-likeness (QED) is 0.152. The number of aromatic amines is 1. The third-order valence-electron chi connectivity index (χ3n) is 8.99. The van der Waals surface area contributed by atoms with E-state index in [0.717, 1.165) is 64.7 Å². The number of nitrogens with one attached hydrogen (secondary N) is 2. The van der Waals surface area contributed by atoms with Crippen molar-refractivity contribution in [2.24, 2.45) is 0 Å². The maximum absolute atomic E-state index is 13.1. The van der Waals surface area contributed by atoms with E-state index in [4.69, 9.17) is 9.47 Å². The van der Waals surface area contributed by atoms with Crippen LogP contribution in [0.15, 0.2) is 53.3 Å². The summed E-state index contributed by atoms with van der Waals surface area (Å²) in [5.74, 6) is -2.50. The first-order valence-electron chi connectivity index (χ1n) is 16.0. The van der Waals surface area contributed by atoms with Crippen LogP contribution in [-0.2, 0) is 27.2 Å². The van der Waals surface area contributed by atoms with E-state index in [0.29, 0.717) is 32.7 Å². The van der Waals surface area contributed by atoms with Gasteiger partial charge in [-0.15, -0.1) is 11.3 Å². The zero-order valence-corrected chi connectivity index (χ0v) is 28.4. The van der Waals surface area contributed by atoms with Gasteiger partial charge in [0, 0.05) is 43.2 Å². The SMILES string of the molecule is Cc1ccc(C(=O)N2CCOC3(CCN(Cc4cccc(CCNC[C@H](OC(=O)C(F)(F)F)c5ccc(O)c6[nH]c(=O)sc56)c4)CC3)C2)s1. The van der Waals surface area contributed by atoms with Crippen molar-refractivity contribution >= 4 is 44.8 Å². The number of aromatic nitrogens is 1. The number of piperidine rings is 1. The van der Waals surface area contributed by atoms with Gasteiger partial charge < -0.3 is 29.8 Å². The third-order valence-corrected chi connectivity index (χ3v) is 10.9. The number of benzene rings is 2. The minimum atomic E-state index is -5.19. The number of aryl methyl sites for hydroxylation is 1. The number of alkyl halides is 3. The molecule has 1 spiro atoms. The molecule has 0 saturated carbocycles. The molecule has 2 aromatic carbocycles. The maximum atomic E-state index is 13.1. The van der Waals surface area contributed by atoms with E-state index in [9.17, 15) is 32.7 Å². The summed E-state index contributed by atoms with van der Waals surface area (Å²) < 4.78 is 50.7. The number of hydrogen-bond donors (Lipinski definition) is 3. The smallest absolute Gasteiger partial charge is 0.490 e. The number of likely N-dealkylation sites (tertiary alicyclic amines) is 1. The molecule has 4 aromatic rings. The highest BCUT2D eigenvalue weighted by Gasteiger charge is 2.43. The van der Waals surface area contributed by atoms with Crippen LogP contribution in [0.2, 0.25) is 0 Å². The molecular formula is C34H37F3N4O6S2. The number of hydrogen-bond acceptors (Lipinski definition) is 10. The fourth-order valence-electron chi connectivity index (χ4n) is 6.46. The molecule has 0 bridgehead atoms. The number of phenolic OH excluding ortho intramolecular Hbond substituents is 1. The lowest BCUT2D eigenvalue weighted by atomic mass is 9.89. The second-order valence-corrected chi connectivity index (χ2v) is 14.8. The number of H-pyrrole nitrogens is 1. The monoisotopic (exact) mass is 718 g/mol. The van der Waals surface area contributed by atoms with E-state index >= 15 is 0 Å². The van der Waals surface area contributed by atoms with Crippen LogP contribution < -0.4 is 10.2 Å². The molecule has 3 N–H and O–H groups in total. The molecule has 49 heavy (non-hydrogen) atoms. The predicted molar refractivity (Wildman–Crippen MR) is 180 cm³/mol. The number of esters is 1. The molecule has 4 heterocycles. The summed E-state index contributed by atoms with van der Waals surface area (Å²) in [6.45, 7) is 6.40. The number of thiophene rings is 1. The van der Waals surface area contributed by atoms with Gasteiger partial charge in [-0.25, -0.2) is 4.79 Å². The molecule has 2 saturated heterocycles. The highest BCUT2D eigenvalue weighted by Crippen LogP contribution is 2.35. The van der Waals surface area contributed by atoms with Crippen molar-refractivity contribution < 1.29 is 37.3 Å². The highest BCUT2D eigenvalue weighted by molar-refractivity contribution is 7.16. The van der Waals surface area contributed by atoms with Gasteiger partial charge in [-0.05, 0) is 62.1 Å². The first-order chi connectivity index (χ1) is 23.4. The number of carbonyl (C=O) groups excluding carboxylic acids is 2. The van der Waals surface area contributed by atoms with E-state index in [1.54, 1.807) is 0 Å². The van der Waals surface area contributed by atoms with Gasteiger partial charge in [0.15, 0.2) is 0 Å². The molecule has 15 heteroatoms. The molecule has 262 valence electrons. The van der Waals surface area contributed by atoms with Crippen LogP contribution in [0.3, 0.4) is 0 Å². The molecule has 0 radical (unpaired) electrons. The standard InChI is InChI=1S/C34H37F3N4O6S2/c1-21-5-8-27(48-21)30(43)41-15-16-46-33(20-41)10-13-40(14-11-33)19-23-4-2-3-22(17-23)9-12-38-18-26(47-31(44)34(35,36)37)24-6-7-25(42)28-29(24)49-32(45)39-28/h2-8,17,26,38,42H,9-16,18-20H2,1H3,(H,39,45)/t26-/m0/s1. The third kappa shape index (κ3) is 8.35. The van der Waals surface area contributed by atoms with Gasteiger partial charge >= 0.3 is 17.0 Å². The average molecular weight is 719 g/mol. The van der Waals surface area contributed by atoms with Crippen molar-refractivity contribution in [2.45, 2.75) is 50.6 Å². The normalized spacial score (nSPS) is 17.4. The molecule has 1 atom stereocenters. The van der Waals surface area contributed by atoms with E-state index in [1.807, 2.05) is 36.1 Å². The minimum absolute atomic E-state index is 0.0732. The summed E-state index contributed by atoms with van der Waals surface area (Å²) in [6, 6.07) is 14.6. The molecule has 1 amide bonds. The fraction of sp³-hybridized carbons (Fsp3) is 0.441. The maximum Gasteiger partial charge on any atom is 0.490 e. The van der Waals surface area contributed by atoms with Gasteiger partial charge in [0.05, 0.1) is 28.3 Å². The Morgan fingerprint density at radius 1 is 1.10 bits per heavy atom. The van der Waals surface area contributed by atoms with Crippen LogP contribution >= 0.6 is 22.7 Å². The first kappa shape index (κ1) is 35.1. The van der Waals surface area contributed by atoms with Crippen molar-refractivity contribution in [2.75, 3.05) is 45.9 Å². The Balaban J connectivity index is 1.02. The van der Waals surface area contributed by atoms with Gasteiger partial charge in [0.25, 0.3) is 5.91 Å². The Bertz CT molecular complexity index is 1860. The van der Waals surface area contributed by atoms with Crippen molar-refractivity contribution in [1.82, 2.24) is 20.1 Å². The Morgan fingerprint density at radius 3 is 2.61 bits per heavy atom. The van der Waals surface area contributed by atoms with E-state index in [1.165, 1.54) is 23.5 Å². The van der Waals surface area contributed by atoms with Gasteiger partial charge in [0.2, 0.25) is 0 Å². The number of aromatic hydroxyl groups is 1. The number of amides is 1. The van der Waals surface area contributed by atoms with Crippen LogP contribution in [0.5, 0.6) is 5.75 Å². The van der Waals surface area contributed by atoms with Crippen LogP contribution in [0, 0.1) is 6.92 Å². The average Bonchev–Trinajstić information content (AvgIpc) is 3.69. The Hall–Kier alpha value is -3.76. The number of thiazole rings is 1. The lowest BCUT2D eigenvalue weighted by Crippen LogP contribution is -2.57. The van der Waals surface area contributed by atoms with Crippen molar-refractivity contribution in [3.63, 3.8) is 0 Å². The fourth-order valence-corrected chi connectivity index (χ4v) is 8.21. The number of carbonyl (C=O) groups is 2. The number of fused-ring (bicyclic) bond motifs is 1. The molecule has 2 aliphatic heterocycles. The van der Waals surface area contributed by atoms with Gasteiger partial charge in [-0.1, -0.05) is 41.7 Å². The van der Waals surface area contributed by atoms with E-state index in [-0.39, 0.29) is 39.6 Å². The molecular weight excluding hydrogens is 682 g/mol. The summed E-state index contributed by atoms with van der Waals surface area (Å²) >= 11 is 2.24. The van der Waals surface area contributed by atoms with Crippen LogP contribution in [0.25, 0.3) is 10.2 Å². The lowest BCUT2D eigenvalue weighted by Gasteiger charge is -2.47. The van der Waals surface area contributed by atoms with Crippen LogP contribution in [0.4, 0.5) is 13.2 Å². The molecule has 6 rings (SSSR count). The molecule has 2 fully saturated rings. The Kier molecular flexibility index (Phi) is 10.5. The van der Waals surface area contributed by atoms with Crippen molar-refractivity contribution in [1.29, 1.82) is 0 Å². The molecule has 2 aromatic heterocycles. The summed E-state index contributed by atoms with van der Waals surface area (Å²) in [4.78, 5) is 45.0. The van der Waals surface area contributed by atoms with Crippen molar-refractivity contribution in [3.05, 3.63) is 84.6 Å². The largest absolute Gasteiger partial charge is 0.506 e. The van der Waals surface area contributed by atoms with E-state index < -0.39 is 23.1 Å². The molecule has 0 unspecified atom stereocenters. The van der Waals surface area contributed by atoms with Gasteiger partial charge in [-0.2, -0.15) is 13.2 Å². The number of phenols is 1. The van der Waals surface area contributed by atoms with Crippen LogP contribution in [0.1, 0.15) is 50.2 Å². The minimum Gasteiger partial charge on any atom is -0.506 e. The zero-order valence-electron chi connectivity index (χ0n) is 26.8. The zero-order chi connectivity index (χ0) is 34.8. The second-order valence-electron chi connectivity index (χ2n) is 12.5. The topological polar surface area (TPSA) is 124 Å². The summed E-state index contributed by atoms with van der Waals surface area (Å²) in [5, 5.41) is 13.2. The molecule has 10 nitrogen and oxygen atoms in total. The first-order valence-corrected chi connectivity index (χ1v) is 17.7. The lowest BCUT2D eigenvalue weighted by molar-refractivity contribution is -0.205. The van der Waals surface area contributed by atoms with Gasteiger partial charge in [0.1, 0.15) is 17.4 Å². The number of rotatable bonds is 10. The van der Waals surface area contributed by atoms with Crippen LogP contribution in [-0.4, -0.2) is 89.4 Å². The number of halogens is 3. The second kappa shape index (κ2) is 14.6. The summed E-state index contributed by atoms with van der Waals surface area (Å²) in [5.41, 5.74) is 2.10. The number of morpholine rings is 1. The molecule has 0 aliphatic carbocycles. The number of ether oxygens (including phenoxy) is 2. The predicted octanol–water partition coefficient (Wildman–Crippen LogP) is 5.15. The Morgan fingerprint density at radius 2 is 1.88 bits per heavy atom. The van der Waals surface area contributed by atoms with Gasteiger partial charge in [-0.3, -0.25) is 14.5 Å².